The summed E-state index contributed by atoms with van der Waals surface area (Å²) >= 11 is 3.43. The Hall–Kier alpha value is -1.28. The summed E-state index contributed by atoms with van der Waals surface area (Å²) in [6.45, 7) is 2.79. The third kappa shape index (κ3) is 3.61. The quantitative estimate of drug-likeness (QED) is 0.726. The monoisotopic (exact) mass is 304 g/mol. The zero-order chi connectivity index (χ0) is 12.8. The Morgan fingerprint density at radius 1 is 0.833 bits per heavy atom. The molecule has 0 aliphatic carbocycles. The standard InChI is InChI=1S/C16H17BrO/c1-2-13-3-5-15(6-4-13)12-18-16-9-7-14(11-17)8-10-16/h3-10H,2,11-12H2,1H3. The fourth-order valence-electron chi connectivity index (χ4n) is 1.71. The molecule has 94 valence electrons. The summed E-state index contributed by atoms with van der Waals surface area (Å²) in [5.74, 6) is 0.916. The largest absolute Gasteiger partial charge is 0.489 e. The molecule has 0 spiro atoms. The van der Waals surface area contributed by atoms with E-state index in [-0.39, 0.29) is 0 Å². The predicted octanol–water partition coefficient (Wildman–Crippen LogP) is 4.72. The molecule has 0 bridgehead atoms. The number of rotatable bonds is 5. The molecule has 0 unspecified atom stereocenters. The van der Waals surface area contributed by atoms with Gasteiger partial charge in [-0.3, -0.25) is 0 Å². The van der Waals surface area contributed by atoms with Crippen LogP contribution in [0.15, 0.2) is 48.5 Å². The second-order valence-electron chi connectivity index (χ2n) is 4.24. The van der Waals surface area contributed by atoms with E-state index < -0.39 is 0 Å². The molecule has 0 fully saturated rings. The number of halogens is 1. The minimum atomic E-state index is 0.623. The second kappa shape index (κ2) is 6.60. The molecule has 0 amide bonds. The van der Waals surface area contributed by atoms with Crippen molar-refractivity contribution in [1.29, 1.82) is 0 Å². The van der Waals surface area contributed by atoms with Crippen molar-refractivity contribution < 1.29 is 4.74 Å². The topological polar surface area (TPSA) is 9.23 Å². The van der Waals surface area contributed by atoms with E-state index in [1.165, 1.54) is 16.7 Å². The lowest BCUT2D eigenvalue weighted by Gasteiger charge is -2.07. The molecule has 0 saturated heterocycles. The van der Waals surface area contributed by atoms with Crippen LogP contribution in [-0.2, 0) is 18.4 Å². The van der Waals surface area contributed by atoms with Gasteiger partial charge in [0.1, 0.15) is 12.4 Å². The van der Waals surface area contributed by atoms with Gasteiger partial charge in [-0.1, -0.05) is 59.3 Å². The van der Waals surface area contributed by atoms with Crippen molar-refractivity contribution in [2.45, 2.75) is 25.3 Å². The Kier molecular flexibility index (Phi) is 4.82. The lowest BCUT2D eigenvalue weighted by atomic mass is 10.1. The molecule has 2 heteroatoms. The SMILES string of the molecule is CCc1ccc(COc2ccc(CBr)cc2)cc1. The Labute approximate surface area is 117 Å². The average molecular weight is 305 g/mol. The van der Waals surface area contributed by atoms with Crippen LogP contribution in [0.2, 0.25) is 0 Å². The van der Waals surface area contributed by atoms with Gasteiger partial charge < -0.3 is 4.74 Å². The summed E-state index contributed by atoms with van der Waals surface area (Å²) in [4.78, 5) is 0. The van der Waals surface area contributed by atoms with Crippen molar-refractivity contribution in [1.82, 2.24) is 0 Å². The van der Waals surface area contributed by atoms with Gasteiger partial charge in [0, 0.05) is 5.33 Å². The van der Waals surface area contributed by atoms with E-state index in [1.54, 1.807) is 0 Å². The molecular weight excluding hydrogens is 288 g/mol. The van der Waals surface area contributed by atoms with Gasteiger partial charge in [-0.05, 0) is 35.2 Å². The zero-order valence-corrected chi connectivity index (χ0v) is 12.1. The number of hydrogen-bond acceptors (Lipinski definition) is 1. The maximum absolute atomic E-state index is 5.75. The summed E-state index contributed by atoms with van der Waals surface area (Å²) in [6.07, 6.45) is 1.08. The van der Waals surface area contributed by atoms with Crippen molar-refractivity contribution in [3.63, 3.8) is 0 Å². The number of alkyl halides is 1. The van der Waals surface area contributed by atoms with E-state index in [1.807, 2.05) is 12.1 Å². The number of benzene rings is 2. The lowest BCUT2D eigenvalue weighted by molar-refractivity contribution is 0.306. The van der Waals surface area contributed by atoms with Crippen molar-refractivity contribution >= 4 is 15.9 Å². The first-order valence-electron chi connectivity index (χ1n) is 6.17. The van der Waals surface area contributed by atoms with Crippen molar-refractivity contribution in [3.8, 4) is 5.75 Å². The minimum Gasteiger partial charge on any atom is -0.489 e. The molecule has 2 aromatic rings. The number of ether oxygens (including phenoxy) is 1. The van der Waals surface area contributed by atoms with Gasteiger partial charge in [0.05, 0.1) is 0 Å². The highest BCUT2D eigenvalue weighted by Crippen LogP contribution is 2.16. The molecule has 0 heterocycles. The van der Waals surface area contributed by atoms with Crippen LogP contribution in [0.25, 0.3) is 0 Å². The molecule has 0 aliphatic rings. The third-order valence-electron chi connectivity index (χ3n) is 2.91. The minimum absolute atomic E-state index is 0.623. The fourth-order valence-corrected chi connectivity index (χ4v) is 2.09. The highest BCUT2D eigenvalue weighted by atomic mass is 79.9. The average Bonchev–Trinajstić information content (AvgIpc) is 2.46. The number of hydrogen-bond donors (Lipinski definition) is 0. The van der Waals surface area contributed by atoms with Gasteiger partial charge in [-0.2, -0.15) is 0 Å². The molecule has 0 radical (unpaired) electrons. The Bertz CT molecular complexity index is 426. The van der Waals surface area contributed by atoms with Gasteiger partial charge in [-0.15, -0.1) is 0 Å². The third-order valence-corrected chi connectivity index (χ3v) is 3.56. The highest BCUT2D eigenvalue weighted by molar-refractivity contribution is 9.08. The maximum Gasteiger partial charge on any atom is 0.119 e. The van der Waals surface area contributed by atoms with E-state index in [0.29, 0.717) is 6.61 Å². The first-order valence-corrected chi connectivity index (χ1v) is 7.29. The Morgan fingerprint density at radius 3 is 1.94 bits per heavy atom. The normalized spacial score (nSPS) is 10.3. The van der Waals surface area contributed by atoms with Crippen LogP contribution in [0.1, 0.15) is 23.6 Å². The van der Waals surface area contributed by atoms with E-state index >= 15 is 0 Å². The van der Waals surface area contributed by atoms with Gasteiger partial charge >= 0.3 is 0 Å². The van der Waals surface area contributed by atoms with Crippen LogP contribution in [-0.4, -0.2) is 0 Å². The first-order chi connectivity index (χ1) is 8.81. The molecule has 0 atom stereocenters. The first kappa shape index (κ1) is 13.2. The van der Waals surface area contributed by atoms with E-state index in [9.17, 15) is 0 Å². The highest BCUT2D eigenvalue weighted by Gasteiger charge is 1.97. The predicted molar refractivity (Wildman–Crippen MR) is 79.2 cm³/mol. The van der Waals surface area contributed by atoms with Gasteiger partial charge in [-0.25, -0.2) is 0 Å². The second-order valence-corrected chi connectivity index (χ2v) is 4.80. The lowest BCUT2D eigenvalue weighted by Crippen LogP contribution is -1.95. The van der Waals surface area contributed by atoms with Gasteiger partial charge in [0.2, 0.25) is 0 Å². The summed E-state index contributed by atoms with van der Waals surface area (Å²) in [5, 5.41) is 0.881. The van der Waals surface area contributed by atoms with E-state index in [0.717, 1.165) is 17.5 Å². The van der Waals surface area contributed by atoms with Crippen LogP contribution < -0.4 is 4.74 Å². The van der Waals surface area contributed by atoms with E-state index in [2.05, 4.69) is 59.3 Å². The summed E-state index contributed by atoms with van der Waals surface area (Å²) in [7, 11) is 0. The zero-order valence-electron chi connectivity index (χ0n) is 10.5. The van der Waals surface area contributed by atoms with Crippen molar-refractivity contribution in [2.24, 2.45) is 0 Å². The Morgan fingerprint density at radius 2 is 1.39 bits per heavy atom. The van der Waals surface area contributed by atoms with Crippen LogP contribution in [0.5, 0.6) is 5.75 Å². The van der Waals surface area contributed by atoms with Crippen LogP contribution in [0.4, 0.5) is 0 Å². The molecule has 0 saturated carbocycles. The molecule has 0 N–H and O–H groups in total. The van der Waals surface area contributed by atoms with Gasteiger partial charge in [0.15, 0.2) is 0 Å². The van der Waals surface area contributed by atoms with Crippen molar-refractivity contribution in [2.75, 3.05) is 0 Å². The Balaban J connectivity index is 1.93. The van der Waals surface area contributed by atoms with Gasteiger partial charge in [0.25, 0.3) is 0 Å². The molecule has 2 rings (SSSR count). The molecular formula is C16H17BrO. The smallest absolute Gasteiger partial charge is 0.119 e. The van der Waals surface area contributed by atoms with Crippen LogP contribution >= 0.6 is 15.9 Å². The fraction of sp³-hybridized carbons (Fsp3) is 0.250. The molecule has 0 aromatic heterocycles. The number of aryl methyl sites for hydroxylation is 1. The molecule has 2 aromatic carbocycles. The summed E-state index contributed by atoms with van der Waals surface area (Å²) < 4.78 is 5.75. The molecule has 1 nitrogen and oxygen atoms in total. The van der Waals surface area contributed by atoms with Crippen molar-refractivity contribution in [3.05, 3.63) is 65.2 Å². The maximum atomic E-state index is 5.75. The van der Waals surface area contributed by atoms with E-state index in [4.69, 9.17) is 4.74 Å². The summed E-state index contributed by atoms with van der Waals surface area (Å²) in [6, 6.07) is 16.7. The molecule has 18 heavy (non-hydrogen) atoms. The van der Waals surface area contributed by atoms with Crippen LogP contribution in [0.3, 0.4) is 0 Å². The van der Waals surface area contributed by atoms with Crippen LogP contribution in [0, 0.1) is 0 Å². The molecule has 0 aliphatic heterocycles. The summed E-state index contributed by atoms with van der Waals surface area (Å²) in [5.41, 5.74) is 3.83.